The normalized spacial score (nSPS) is 15.6. The van der Waals surface area contributed by atoms with E-state index in [9.17, 15) is 0 Å². The van der Waals surface area contributed by atoms with E-state index < -0.39 is 0 Å². The fraction of sp³-hybridized carbons (Fsp3) is 0.273. The summed E-state index contributed by atoms with van der Waals surface area (Å²) < 4.78 is 0. The highest BCUT2D eigenvalue weighted by Crippen LogP contribution is 2.05. The molecule has 1 aliphatic rings. The zero-order valence-electron chi connectivity index (χ0n) is 7.70. The number of hydrogen-bond donors (Lipinski definition) is 0. The fourth-order valence-electron chi connectivity index (χ4n) is 1.29. The maximum absolute atomic E-state index is 4.40. The van der Waals surface area contributed by atoms with Crippen LogP contribution in [-0.4, -0.2) is 17.2 Å². The van der Waals surface area contributed by atoms with Gasteiger partial charge >= 0.3 is 0 Å². The van der Waals surface area contributed by atoms with Crippen LogP contribution < -0.4 is 0 Å². The van der Waals surface area contributed by atoms with E-state index >= 15 is 0 Å². The predicted molar refractivity (Wildman–Crippen MR) is 54.1 cm³/mol. The molecule has 66 valence electrons. The van der Waals surface area contributed by atoms with Crippen molar-refractivity contribution in [2.24, 2.45) is 4.99 Å². The molecule has 1 aromatic rings. The predicted octanol–water partition coefficient (Wildman–Crippen LogP) is 2.14. The Morgan fingerprint density at radius 2 is 2.23 bits per heavy atom. The zero-order valence-corrected chi connectivity index (χ0v) is 7.70. The van der Waals surface area contributed by atoms with Crippen LogP contribution in [0.2, 0.25) is 0 Å². The summed E-state index contributed by atoms with van der Waals surface area (Å²) in [5, 5.41) is 0. The summed E-state index contributed by atoms with van der Waals surface area (Å²) in [6.07, 6.45) is 7.11. The summed E-state index contributed by atoms with van der Waals surface area (Å²) in [6.45, 7) is 2.93. The third kappa shape index (κ3) is 1.83. The van der Waals surface area contributed by atoms with Gasteiger partial charge in [-0.1, -0.05) is 12.1 Å². The van der Waals surface area contributed by atoms with Crippen molar-refractivity contribution >= 4 is 5.71 Å². The topological polar surface area (TPSA) is 25.2 Å². The van der Waals surface area contributed by atoms with Crippen molar-refractivity contribution in [3.63, 3.8) is 0 Å². The Labute approximate surface area is 78.0 Å². The summed E-state index contributed by atoms with van der Waals surface area (Å²) in [6, 6.07) is 4.08. The standard InChI is InChI=1S/C11H12N2/c1-9-5-6-11(13-8-9)10-4-2-3-7-12-10/h2,4-6,8H,3,7H2,1H3. The molecule has 1 aromatic heterocycles. The maximum atomic E-state index is 4.40. The van der Waals surface area contributed by atoms with Gasteiger partial charge < -0.3 is 0 Å². The molecule has 0 amide bonds. The van der Waals surface area contributed by atoms with Crippen molar-refractivity contribution in [1.82, 2.24) is 4.98 Å². The van der Waals surface area contributed by atoms with Crippen LogP contribution in [0.25, 0.3) is 0 Å². The Bertz CT molecular complexity index is 347. The third-order valence-corrected chi connectivity index (χ3v) is 2.03. The highest BCUT2D eigenvalue weighted by Gasteiger charge is 2.02. The maximum Gasteiger partial charge on any atom is 0.0881 e. The van der Waals surface area contributed by atoms with Gasteiger partial charge in [-0.05, 0) is 31.1 Å². The number of dihydropyridines is 1. The Morgan fingerprint density at radius 1 is 1.31 bits per heavy atom. The molecular weight excluding hydrogens is 160 g/mol. The van der Waals surface area contributed by atoms with Crippen LogP contribution in [0, 0.1) is 6.92 Å². The monoisotopic (exact) mass is 172 g/mol. The highest BCUT2D eigenvalue weighted by atomic mass is 14.8. The lowest BCUT2D eigenvalue weighted by molar-refractivity contribution is 0.990. The number of aromatic nitrogens is 1. The second-order valence-electron chi connectivity index (χ2n) is 3.18. The molecule has 0 spiro atoms. The average molecular weight is 172 g/mol. The number of rotatable bonds is 1. The van der Waals surface area contributed by atoms with Crippen molar-refractivity contribution in [3.8, 4) is 0 Å². The summed E-state index contributed by atoms with van der Waals surface area (Å²) in [5.74, 6) is 0. The minimum Gasteiger partial charge on any atom is -0.283 e. The molecule has 0 saturated carbocycles. The first-order valence-electron chi connectivity index (χ1n) is 4.50. The van der Waals surface area contributed by atoms with E-state index in [1.54, 1.807) is 0 Å². The number of hydrogen-bond acceptors (Lipinski definition) is 2. The molecule has 0 bridgehead atoms. The van der Waals surface area contributed by atoms with Crippen LogP contribution in [0.5, 0.6) is 0 Å². The smallest absolute Gasteiger partial charge is 0.0881 e. The molecule has 0 N–H and O–H groups in total. The number of allylic oxidation sites excluding steroid dienone is 1. The van der Waals surface area contributed by atoms with Crippen molar-refractivity contribution < 1.29 is 0 Å². The van der Waals surface area contributed by atoms with Crippen LogP contribution in [0.4, 0.5) is 0 Å². The van der Waals surface area contributed by atoms with Crippen LogP contribution in [0.1, 0.15) is 17.7 Å². The van der Waals surface area contributed by atoms with Gasteiger partial charge in [-0.3, -0.25) is 9.98 Å². The zero-order chi connectivity index (χ0) is 9.10. The first kappa shape index (κ1) is 8.17. The van der Waals surface area contributed by atoms with Gasteiger partial charge in [-0.15, -0.1) is 0 Å². The van der Waals surface area contributed by atoms with Gasteiger partial charge in [0.2, 0.25) is 0 Å². The molecular formula is C11H12N2. The molecule has 0 aromatic carbocycles. The van der Waals surface area contributed by atoms with Crippen LogP contribution in [0.15, 0.2) is 35.5 Å². The fourth-order valence-corrected chi connectivity index (χ4v) is 1.29. The Kier molecular flexibility index (Phi) is 2.21. The van der Waals surface area contributed by atoms with E-state index in [1.807, 2.05) is 25.3 Å². The van der Waals surface area contributed by atoms with Gasteiger partial charge in [-0.25, -0.2) is 0 Å². The van der Waals surface area contributed by atoms with Crippen LogP contribution in [0.3, 0.4) is 0 Å². The summed E-state index contributed by atoms with van der Waals surface area (Å²) in [7, 11) is 0. The Hall–Kier alpha value is -1.44. The molecule has 2 nitrogen and oxygen atoms in total. The number of pyridine rings is 1. The van der Waals surface area contributed by atoms with E-state index in [-0.39, 0.29) is 0 Å². The van der Waals surface area contributed by atoms with E-state index in [0.29, 0.717) is 0 Å². The highest BCUT2D eigenvalue weighted by molar-refractivity contribution is 6.07. The molecule has 13 heavy (non-hydrogen) atoms. The number of aliphatic imine (C=N–C) groups is 1. The summed E-state index contributed by atoms with van der Waals surface area (Å²) >= 11 is 0. The Morgan fingerprint density at radius 3 is 2.85 bits per heavy atom. The minimum atomic E-state index is 0.890. The van der Waals surface area contributed by atoms with Crippen molar-refractivity contribution in [2.45, 2.75) is 13.3 Å². The van der Waals surface area contributed by atoms with Crippen molar-refractivity contribution in [1.29, 1.82) is 0 Å². The lowest BCUT2D eigenvalue weighted by atomic mass is 10.1. The lowest BCUT2D eigenvalue weighted by Crippen LogP contribution is -2.04. The third-order valence-electron chi connectivity index (χ3n) is 2.03. The minimum absolute atomic E-state index is 0.890. The average Bonchev–Trinajstić information content (AvgIpc) is 2.20. The van der Waals surface area contributed by atoms with E-state index in [0.717, 1.165) is 24.4 Å². The van der Waals surface area contributed by atoms with E-state index in [4.69, 9.17) is 0 Å². The SMILES string of the molecule is Cc1ccc(C2=NCCC=C2)nc1. The molecule has 0 unspecified atom stereocenters. The van der Waals surface area contributed by atoms with Gasteiger partial charge in [0.05, 0.1) is 11.4 Å². The summed E-state index contributed by atoms with van der Waals surface area (Å²) in [4.78, 5) is 8.72. The molecule has 0 fully saturated rings. The summed E-state index contributed by atoms with van der Waals surface area (Å²) in [5.41, 5.74) is 3.16. The van der Waals surface area contributed by atoms with Gasteiger partial charge in [0.15, 0.2) is 0 Å². The van der Waals surface area contributed by atoms with Gasteiger partial charge in [0, 0.05) is 12.7 Å². The van der Waals surface area contributed by atoms with Gasteiger partial charge in [0.1, 0.15) is 0 Å². The first-order chi connectivity index (χ1) is 6.36. The number of nitrogens with zero attached hydrogens (tertiary/aromatic N) is 2. The van der Waals surface area contributed by atoms with Crippen molar-refractivity contribution in [2.75, 3.05) is 6.54 Å². The lowest BCUT2D eigenvalue weighted by Gasteiger charge is -2.04. The Balaban J connectivity index is 2.30. The molecule has 0 radical (unpaired) electrons. The van der Waals surface area contributed by atoms with Gasteiger partial charge in [-0.2, -0.15) is 0 Å². The largest absolute Gasteiger partial charge is 0.283 e. The van der Waals surface area contributed by atoms with E-state index in [2.05, 4.69) is 22.1 Å². The second kappa shape index (κ2) is 3.52. The molecule has 2 rings (SSSR count). The van der Waals surface area contributed by atoms with Crippen LogP contribution >= 0.6 is 0 Å². The molecule has 2 heteroatoms. The first-order valence-corrected chi connectivity index (χ1v) is 4.50. The second-order valence-corrected chi connectivity index (χ2v) is 3.18. The van der Waals surface area contributed by atoms with E-state index in [1.165, 1.54) is 5.56 Å². The molecule has 0 saturated heterocycles. The van der Waals surface area contributed by atoms with Crippen molar-refractivity contribution in [3.05, 3.63) is 41.7 Å². The molecule has 0 aliphatic carbocycles. The molecule has 2 heterocycles. The molecule has 1 aliphatic heterocycles. The quantitative estimate of drug-likeness (QED) is 0.637. The van der Waals surface area contributed by atoms with Crippen LogP contribution in [-0.2, 0) is 0 Å². The molecule has 0 atom stereocenters. The van der Waals surface area contributed by atoms with Gasteiger partial charge in [0.25, 0.3) is 0 Å². The number of aryl methyl sites for hydroxylation is 1.